The van der Waals surface area contributed by atoms with Crippen LogP contribution in [0.1, 0.15) is 45.5 Å². The van der Waals surface area contributed by atoms with Crippen LogP contribution in [-0.4, -0.2) is 155 Å². The molecule has 7 aromatic rings. The van der Waals surface area contributed by atoms with E-state index in [0.29, 0.717) is 23.4 Å². The molecule has 8 rings (SSSR count). The van der Waals surface area contributed by atoms with Crippen molar-refractivity contribution in [3.63, 3.8) is 0 Å². The third-order valence-electron chi connectivity index (χ3n) is 14.1. The molecule has 1 aliphatic heterocycles. The van der Waals surface area contributed by atoms with E-state index in [1.807, 2.05) is 146 Å². The number of fused-ring (bicyclic) bond motifs is 2. The summed E-state index contributed by atoms with van der Waals surface area (Å²) >= 11 is 0. The van der Waals surface area contributed by atoms with Gasteiger partial charge in [-0.1, -0.05) is 187 Å². The van der Waals surface area contributed by atoms with Gasteiger partial charge in [0.2, 0.25) is 47.3 Å². The number of carbonyl (C=O) groups excluding carboxylic acids is 8. The second-order valence-electron chi connectivity index (χ2n) is 20.6. The molecule has 0 saturated heterocycles. The first-order valence-electron chi connectivity index (χ1n) is 27.9. The Morgan fingerprint density at radius 1 is 0.464 bits per heavy atom. The quantitative estimate of drug-likeness (QED) is 0.0975. The maximum Gasteiger partial charge on any atom is 0.243 e. The molecule has 0 fully saturated rings. The molecule has 20 nitrogen and oxygen atoms in total. The molecular formula is C64H70N12O8. The lowest BCUT2D eigenvalue weighted by Crippen LogP contribution is -2.51. The van der Waals surface area contributed by atoms with Crippen molar-refractivity contribution in [3.05, 3.63) is 227 Å². The molecule has 3 N–H and O–H groups in total. The Balaban J connectivity index is 1.09. The Bertz CT molecular complexity index is 3290. The Labute approximate surface area is 489 Å². The zero-order chi connectivity index (χ0) is 59.0. The van der Waals surface area contributed by atoms with Gasteiger partial charge in [-0.25, -0.2) is 0 Å². The lowest BCUT2D eigenvalue weighted by Gasteiger charge is -2.32. The second kappa shape index (κ2) is 30.8. The van der Waals surface area contributed by atoms with Gasteiger partial charge in [0, 0.05) is 52.4 Å². The average molecular weight is 1140 g/mol. The Kier molecular flexibility index (Phi) is 22.1. The molecule has 2 bridgehead atoms. The van der Waals surface area contributed by atoms with E-state index in [9.17, 15) is 28.8 Å². The number of hydrogen-bond donors (Lipinski definition) is 2. The number of rotatable bonds is 22. The van der Waals surface area contributed by atoms with Crippen molar-refractivity contribution in [2.24, 2.45) is 5.73 Å². The molecule has 434 valence electrons. The maximum absolute atomic E-state index is 15.1. The van der Waals surface area contributed by atoms with E-state index in [1.54, 1.807) is 42.6 Å². The van der Waals surface area contributed by atoms with Crippen molar-refractivity contribution in [1.82, 2.24) is 54.6 Å². The van der Waals surface area contributed by atoms with E-state index < -0.39 is 80.6 Å². The molecule has 84 heavy (non-hydrogen) atoms. The summed E-state index contributed by atoms with van der Waals surface area (Å²) in [4.78, 5) is 125. The van der Waals surface area contributed by atoms with Crippen LogP contribution in [0.3, 0.4) is 0 Å². The monoisotopic (exact) mass is 1130 g/mol. The summed E-state index contributed by atoms with van der Waals surface area (Å²) < 4.78 is 1.53. The summed E-state index contributed by atoms with van der Waals surface area (Å²) in [7, 11) is 0. The van der Waals surface area contributed by atoms with Gasteiger partial charge in [-0.3, -0.25) is 43.0 Å². The molecule has 0 unspecified atom stereocenters. The summed E-state index contributed by atoms with van der Waals surface area (Å²) in [5.41, 5.74) is 10.6. The summed E-state index contributed by atoms with van der Waals surface area (Å²) in [5.74, 6) is -4.51. The Hall–Kier alpha value is -9.82. The van der Waals surface area contributed by atoms with Gasteiger partial charge in [-0.2, -0.15) is 0 Å². The fourth-order valence-electron chi connectivity index (χ4n) is 9.63. The van der Waals surface area contributed by atoms with Crippen LogP contribution in [0.15, 0.2) is 188 Å². The number of benzene rings is 6. The highest BCUT2D eigenvalue weighted by Crippen LogP contribution is 2.16. The minimum Gasteiger partial charge on any atom is -0.368 e. The highest BCUT2D eigenvalue weighted by molar-refractivity contribution is 5.93. The third kappa shape index (κ3) is 18.9. The molecule has 0 spiro atoms. The number of primary amides is 1. The number of aromatic nitrogens is 3. The van der Waals surface area contributed by atoms with E-state index >= 15 is 9.59 Å². The first-order chi connectivity index (χ1) is 40.8. The van der Waals surface area contributed by atoms with Crippen molar-refractivity contribution in [2.75, 3.05) is 58.9 Å². The zero-order valence-corrected chi connectivity index (χ0v) is 46.9. The van der Waals surface area contributed by atoms with E-state index in [2.05, 4.69) is 15.6 Å². The van der Waals surface area contributed by atoms with Gasteiger partial charge in [0.25, 0.3) is 0 Å². The molecule has 2 heterocycles. The summed E-state index contributed by atoms with van der Waals surface area (Å²) in [6.45, 7) is -2.82. The molecule has 0 saturated carbocycles. The lowest BCUT2D eigenvalue weighted by molar-refractivity contribution is -0.149. The fourth-order valence-corrected chi connectivity index (χ4v) is 9.63. The van der Waals surface area contributed by atoms with E-state index in [4.69, 9.17) is 5.73 Å². The van der Waals surface area contributed by atoms with Gasteiger partial charge in [0.15, 0.2) is 0 Å². The number of amides is 8. The molecular weight excluding hydrogens is 1060 g/mol. The van der Waals surface area contributed by atoms with Gasteiger partial charge in [0.05, 0.1) is 32.4 Å². The van der Waals surface area contributed by atoms with Gasteiger partial charge in [0.1, 0.15) is 38.4 Å². The molecule has 1 aliphatic rings. The van der Waals surface area contributed by atoms with Crippen LogP contribution in [0.5, 0.6) is 0 Å². The highest BCUT2D eigenvalue weighted by atomic mass is 16.2. The summed E-state index contributed by atoms with van der Waals surface area (Å²) in [5, 5.41) is 11.9. The van der Waals surface area contributed by atoms with Crippen molar-refractivity contribution in [2.45, 2.75) is 58.8 Å². The number of hydrogen-bond acceptors (Lipinski definition) is 11. The second-order valence-corrected chi connectivity index (χ2v) is 20.6. The third-order valence-corrected chi connectivity index (χ3v) is 14.1. The van der Waals surface area contributed by atoms with Crippen LogP contribution in [0.25, 0.3) is 0 Å². The Morgan fingerprint density at radius 3 is 1.38 bits per heavy atom. The summed E-state index contributed by atoms with van der Waals surface area (Å²) in [6.07, 6.45) is 1.88. The first kappa shape index (κ1) is 60.3. The maximum atomic E-state index is 15.1. The van der Waals surface area contributed by atoms with Gasteiger partial charge in [-0.15, -0.1) is 5.10 Å². The highest BCUT2D eigenvalue weighted by Gasteiger charge is 2.32. The van der Waals surface area contributed by atoms with E-state index in [-0.39, 0.29) is 77.8 Å². The number of nitrogens with two attached hydrogens (primary N) is 1. The van der Waals surface area contributed by atoms with Gasteiger partial charge < -0.3 is 45.3 Å². The topological polar surface area (TPSA) is 228 Å². The molecule has 0 aliphatic carbocycles. The molecule has 0 radical (unpaired) electrons. The number of aryl methyl sites for hydroxylation is 1. The van der Waals surface area contributed by atoms with Gasteiger partial charge in [-0.05, 0) is 39.8 Å². The molecule has 8 amide bonds. The smallest absolute Gasteiger partial charge is 0.243 e. The van der Waals surface area contributed by atoms with Crippen LogP contribution >= 0.6 is 0 Å². The van der Waals surface area contributed by atoms with Crippen molar-refractivity contribution in [1.29, 1.82) is 0 Å². The molecule has 1 aromatic heterocycles. The fraction of sp³-hybridized carbons (Fsp3) is 0.281. The van der Waals surface area contributed by atoms with Crippen molar-refractivity contribution < 1.29 is 38.4 Å². The lowest BCUT2D eigenvalue weighted by atomic mass is 10.2. The number of nitrogens with one attached hydrogen (secondary N) is 1. The minimum absolute atomic E-state index is 0.00751. The number of nitrogens with zero attached hydrogens (tertiary/aromatic N) is 10. The van der Waals surface area contributed by atoms with Crippen molar-refractivity contribution >= 4 is 47.3 Å². The van der Waals surface area contributed by atoms with Crippen LogP contribution < -0.4 is 11.1 Å². The normalized spacial score (nSPS) is 13.5. The van der Waals surface area contributed by atoms with Gasteiger partial charge >= 0.3 is 0 Å². The molecule has 6 aromatic carbocycles. The van der Waals surface area contributed by atoms with Crippen LogP contribution in [0.4, 0.5) is 0 Å². The zero-order valence-electron chi connectivity index (χ0n) is 46.9. The van der Waals surface area contributed by atoms with Crippen LogP contribution in [-0.2, 0) is 90.7 Å². The average Bonchev–Trinajstić information content (AvgIpc) is 4.12. The van der Waals surface area contributed by atoms with Crippen LogP contribution in [0.2, 0.25) is 0 Å². The van der Waals surface area contributed by atoms with Crippen LogP contribution in [0, 0.1) is 0 Å². The van der Waals surface area contributed by atoms with E-state index in [0.717, 1.165) is 22.3 Å². The molecule has 0 atom stereocenters. The summed E-state index contributed by atoms with van der Waals surface area (Å²) in [6, 6.07) is 55.2. The minimum atomic E-state index is -0.734. The number of carbonyl (C=O) groups is 8. The molecule has 20 heteroatoms. The largest absolute Gasteiger partial charge is 0.368 e. The first-order valence-corrected chi connectivity index (χ1v) is 27.9. The van der Waals surface area contributed by atoms with Crippen molar-refractivity contribution in [3.8, 4) is 0 Å². The van der Waals surface area contributed by atoms with E-state index in [1.165, 1.54) is 39.0 Å². The SMILES string of the molecule is NC(=O)CN(Cc1ccccc1)C(=O)CN1CCCn2cc(nn2)CN(C(=O)CN(Cc2ccccc2)C(=O)CN(Cc2ccccc2)C(=O)CNCc2ccccc2)CC(=O)N(Cc2ccccc2)CC(=O)N(Cc2ccccc2)CC1=O. The Morgan fingerprint density at radius 2 is 0.893 bits per heavy atom. The predicted molar refractivity (Wildman–Crippen MR) is 313 cm³/mol. The standard InChI is InChI=1S/C64H70N12O8/c65-57(77)43-70(36-51-22-9-2-10-23-51)60(80)44-69-32-19-33-76-42-56(67-68-76)41-75(49-63(83)73(39-54-28-15-5-16-29-54)47-62(82)72(45-59(69)79)38-53-26-13-4-14-27-53)64(84)48-74(40-55-30-17-6-18-31-55)61(81)46-71(37-52-24-11-3-12-25-52)58(78)35-66-34-50-20-7-1-8-21-50/h1-18,20-31,42,66H,19,32-41,43-49H2,(H2,65,77). The predicted octanol–water partition coefficient (Wildman–Crippen LogP) is 4.26.